The third kappa shape index (κ3) is 4.05. The van der Waals surface area contributed by atoms with Crippen LogP contribution in [-0.2, 0) is 6.54 Å². The van der Waals surface area contributed by atoms with E-state index in [0.29, 0.717) is 25.2 Å². The van der Waals surface area contributed by atoms with Crippen LogP contribution in [-0.4, -0.2) is 63.0 Å². The molecule has 3 rings (SSSR count). The van der Waals surface area contributed by atoms with Crippen LogP contribution in [0.2, 0.25) is 0 Å². The molecule has 1 aliphatic heterocycles. The normalized spacial score (nSPS) is 22.4. The highest BCUT2D eigenvalue weighted by Gasteiger charge is 2.29. The van der Waals surface area contributed by atoms with Crippen molar-refractivity contribution < 1.29 is 13.9 Å². The van der Waals surface area contributed by atoms with Gasteiger partial charge in [0.2, 0.25) is 0 Å². The largest absolute Gasteiger partial charge is 0.395 e. The summed E-state index contributed by atoms with van der Waals surface area (Å²) in [6, 6.07) is 6.04. The van der Waals surface area contributed by atoms with Gasteiger partial charge in [-0.2, -0.15) is 5.10 Å². The average Bonchev–Trinajstić information content (AvgIpc) is 2.99. The number of benzene rings is 1. The molecule has 0 radical (unpaired) electrons. The zero-order valence-electron chi connectivity index (χ0n) is 14.6. The van der Waals surface area contributed by atoms with Gasteiger partial charge in [0.05, 0.1) is 12.3 Å². The number of hydrogen-bond acceptors (Lipinski definition) is 4. The molecule has 0 unspecified atom stereocenters. The van der Waals surface area contributed by atoms with E-state index in [9.17, 15) is 13.9 Å². The number of piperazine rings is 1. The summed E-state index contributed by atoms with van der Waals surface area (Å²) in [6.45, 7) is 7.63. The molecule has 1 saturated heterocycles. The second-order valence-corrected chi connectivity index (χ2v) is 6.70. The molecule has 7 heteroatoms. The van der Waals surface area contributed by atoms with Crippen LogP contribution in [0.1, 0.15) is 19.5 Å². The van der Waals surface area contributed by atoms with Crippen molar-refractivity contribution in [2.45, 2.75) is 32.5 Å². The molecule has 0 saturated carbocycles. The number of aromatic nitrogens is 2. The zero-order valence-corrected chi connectivity index (χ0v) is 14.6. The molecule has 0 spiro atoms. The molecule has 2 aromatic rings. The molecule has 0 amide bonds. The van der Waals surface area contributed by atoms with E-state index in [1.807, 2.05) is 6.07 Å². The Bertz CT molecular complexity index is 709. The molecular weight excluding hydrogens is 326 g/mol. The molecule has 1 aliphatic rings. The summed E-state index contributed by atoms with van der Waals surface area (Å²) >= 11 is 0. The lowest BCUT2D eigenvalue weighted by Gasteiger charge is -2.44. The van der Waals surface area contributed by atoms with Crippen LogP contribution in [0.25, 0.3) is 5.69 Å². The number of nitrogens with zero attached hydrogens (tertiary/aromatic N) is 4. The van der Waals surface area contributed by atoms with Gasteiger partial charge in [-0.05, 0) is 32.0 Å². The minimum atomic E-state index is -0.630. The van der Waals surface area contributed by atoms with Crippen molar-refractivity contribution in [1.82, 2.24) is 19.6 Å². The minimum absolute atomic E-state index is 0.169. The molecule has 2 heterocycles. The molecule has 25 heavy (non-hydrogen) atoms. The maximum absolute atomic E-state index is 13.9. The van der Waals surface area contributed by atoms with Crippen LogP contribution < -0.4 is 0 Å². The molecule has 0 bridgehead atoms. The van der Waals surface area contributed by atoms with Crippen molar-refractivity contribution in [3.63, 3.8) is 0 Å². The van der Waals surface area contributed by atoms with Gasteiger partial charge < -0.3 is 5.11 Å². The Kier molecular flexibility index (Phi) is 5.46. The van der Waals surface area contributed by atoms with Crippen LogP contribution in [0.5, 0.6) is 0 Å². The molecule has 2 atom stereocenters. The summed E-state index contributed by atoms with van der Waals surface area (Å²) in [5, 5.41) is 13.6. The van der Waals surface area contributed by atoms with Gasteiger partial charge >= 0.3 is 0 Å². The first-order valence-electron chi connectivity index (χ1n) is 8.57. The first-order valence-corrected chi connectivity index (χ1v) is 8.57. The van der Waals surface area contributed by atoms with Gasteiger partial charge in [-0.3, -0.25) is 9.80 Å². The summed E-state index contributed by atoms with van der Waals surface area (Å²) in [5.74, 6) is -1.23. The number of aliphatic hydroxyl groups is 1. The lowest BCUT2D eigenvalue weighted by Crippen LogP contribution is -2.56. The Balaban J connectivity index is 1.68. The minimum Gasteiger partial charge on any atom is -0.395 e. The standard InChI is InChI=1S/C18H24F2N4O/c1-13-10-22(11-14(2)23(13)7-8-25)12-16-5-6-24(21-16)18-4-3-15(19)9-17(18)20/h3-6,9,13-14,25H,7-8,10-12H2,1-2H3/t13-,14+. The lowest BCUT2D eigenvalue weighted by molar-refractivity contribution is 0.0233. The molecule has 5 nitrogen and oxygen atoms in total. The van der Waals surface area contributed by atoms with E-state index >= 15 is 0 Å². The van der Waals surface area contributed by atoms with Crippen LogP contribution in [0.4, 0.5) is 8.78 Å². The van der Waals surface area contributed by atoms with E-state index in [2.05, 4.69) is 28.7 Å². The SMILES string of the molecule is C[C@@H]1CN(Cc2ccn(-c3ccc(F)cc3F)n2)C[C@H](C)N1CCO. The number of aliphatic hydroxyl groups excluding tert-OH is 1. The number of halogens is 2. The maximum atomic E-state index is 13.9. The summed E-state index contributed by atoms with van der Waals surface area (Å²) in [6.07, 6.45) is 1.69. The van der Waals surface area contributed by atoms with E-state index in [0.717, 1.165) is 24.8 Å². The molecule has 1 N–H and O–H groups in total. The predicted octanol–water partition coefficient (Wildman–Crippen LogP) is 2.04. The lowest BCUT2D eigenvalue weighted by atomic mass is 10.1. The van der Waals surface area contributed by atoms with Crippen LogP contribution >= 0.6 is 0 Å². The van der Waals surface area contributed by atoms with Crippen molar-refractivity contribution in [1.29, 1.82) is 0 Å². The zero-order chi connectivity index (χ0) is 18.0. The quantitative estimate of drug-likeness (QED) is 0.896. The molecule has 1 fully saturated rings. The highest BCUT2D eigenvalue weighted by Crippen LogP contribution is 2.18. The average molecular weight is 350 g/mol. The highest BCUT2D eigenvalue weighted by molar-refractivity contribution is 5.33. The fraction of sp³-hybridized carbons (Fsp3) is 0.500. The summed E-state index contributed by atoms with van der Waals surface area (Å²) in [5.41, 5.74) is 1.08. The predicted molar refractivity (Wildman–Crippen MR) is 91.5 cm³/mol. The second-order valence-electron chi connectivity index (χ2n) is 6.70. The van der Waals surface area contributed by atoms with E-state index in [4.69, 9.17) is 0 Å². The third-order valence-corrected chi connectivity index (χ3v) is 4.72. The summed E-state index contributed by atoms with van der Waals surface area (Å²) in [4.78, 5) is 4.62. The first-order chi connectivity index (χ1) is 12.0. The molecule has 1 aromatic carbocycles. The van der Waals surface area contributed by atoms with Crippen molar-refractivity contribution in [2.24, 2.45) is 0 Å². The highest BCUT2D eigenvalue weighted by atomic mass is 19.1. The molecule has 0 aliphatic carbocycles. The van der Waals surface area contributed by atoms with Crippen molar-refractivity contribution in [3.8, 4) is 5.69 Å². The Labute approximate surface area is 146 Å². The Hall–Kier alpha value is -1.83. The van der Waals surface area contributed by atoms with Gasteiger partial charge in [0, 0.05) is 50.5 Å². The van der Waals surface area contributed by atoms with E-state index in [1.54, 1.807) is 6.20 Å². The number of hydrogen-bond donors (Lipinski definition) is 1. The molecule has 1 aromatic heterocycles. The Morgan fingerprint density at radius 2 is 1.88 bits per heavy atom. The fourth-order valence-electron chi connectivity index (χ4n) is 3.63. The smallest absolute Gasteiger partial charge is 0.151 e. The monoisotopic (exact) mass is 350 g/mol. The maximum Gasteiger partial charge on any atom is 0.151 e. The summed E-state index contributed by atoms with van der Waals surface area (Å²) in [7, 11) is 0. The van der Waals surface area contributed by atoms with E-state index in [-0.39, 0.29) is 12.3 Å². The van der Waals surface area contributed by atoms with E-state index in [1.165, 1.54) is 16.8 Å². The van der Waals surface area contributed by atoms with E-state index < -0.39 is 11.6 Å². The van der Waals surface area contributed by atoms with Crippen LogP contribution in [0, 0.1) is 11.6 Å². The topological polar surface area (TPSA) is 44.5 Å². The second kappa shape index (κ2) is 7.59. The fourth-order valence-corrected chi connectivity index (χ4v) is 3.63. The van der Waals surface area contributed by atoms with Gasteiger partial charge in [0.25, 0.3) is 0 Å². The summed E-state index contributed by atoms with van der Waals surface area (Å²) < 4.78 is 28.4. The number of rotatable bonds is 5. The first kappa shape index (κ1) is 18.0. The van der Waals surface area contributed by atoms with Crippen molar-refractivity contribution in [3.05, 3.63) is 47.8 Å². The van der Waals surface area contributed by atoms with Gasteiger partial charge in [-0.25, -0.2) is 13.5 Å². The van der Waals surface area contributed by atoms with Crippen LogP contribution in [0.15, 0.2) is 30.5 Å². The van der Waals surface area contributed by atoms with Gasteiger partial charge in [0.15, 0.2) is 5.82 Å². The van der Waals surface area contributed by atoms with Crippen molar-refractivity contribution in [2.75, 3.05) is 26.2 Å². The molecule has 136 valence electrons. The Morgan fingerprint density at radius 1 is 1.16 bits per heavy atom. The van der Waals surface area contributed by atoms with Crippen LogP contribution in [0.3, 0.4) is 0 Å². The number of β-amino-alcohol motifs (C(OH)–C–C–N with tert-alkyl or cyclic N) is 1. The van der Waals surface area contributed by atoms with Gasteiger partial charge in [-0.1, -0.05) is 0 Å². The van der Waals surface area contributed by atoms with Gasteiger partial charge in [-0.15, -0.1) is 0 Å². The van der Waals surface area contributed by atoms with Gasteiger partial charge in [0.1, 0.15) is 11.5 Å². The third-order valence-electron chi connectivity index (χ3n) is 4.72. The molecular formula is C18H24F2N4O. The van der Waals surface area contributed by atoms with Crippen molar-refractivity contribution >= 4 is 0 Å². The Morgan fingerprint density at radius 3 is 2.52 bits per heavy atom.